The second-order valence-corrected chi connectivity index (χ2v) is 7.11. The first-order valence-corrected chi connectivity index (χ1v) is 9.89. The van der Waals surface area contributed by atoms with Crippen molar-refractivity contribution in [3.8, 4) is 6.07 Å². The molecule has 6 nitrogen and oxygen atoms in total. The highest BCUT2D eigenvalue weighted by molar-refractivity contribution is 6.06. The largest absolute Gasteiger partial charge is 0.323 e. The Morgan fingerprint density at radius 2 is 1.93 bits per heavy atom. The molecule has 0 aliphatic rings. The van der Waals surface area contributed by atoms with Gasteiger partial charge in [-0.15, -0.1) is 0 Å². The van der Waals surface area contributed by atoms with E-state index in [9.17, 15) is 14.4 Å². The van der Waals surface area contributed by atoms with Crippen LogP contribution in [0.5, 0.6) is 0 Å². The summed E-state index contributed by atoms with van der Waals surface area (Å²) in [7, 11) is 0. The molecule has 0 radical (unpaired) electrons. The van der Waals surface area contributed by atoms with Crippen molar-refractivity contribution in [2.45, 2.75) is 32.6 Å². The predicted octanol–water partition coefficient (Wildman–Crippen LogP) is 5.11. The van der Waals surface area contributed by atoms with E-state index in [1.54, 1.807) is 0 Å². The molecule has 0 saturated heterocycles. The highest BCUT2D eigenvalue weighted by Crippen LogP contribution is 2.27. The molecule has 1 amide bonds. The molecule has 0 bridgehead atoms. The van der Waals surface area contributed by atoms with Crippen LogP contribution in [0.4, 0.5) is 10.2 Å². The summed E-state index contributed by atoms with van der Waals surface area (Å²) in [5.41, 5.74) is 3.95. The molecule has 7 heteroatoms. The van der Waals surface area contributed by atoms with Crippen molar-refractivity contribution in [3.63, 3.8) is 0 Å². The van der Waals surface area contributed by atoms with Crippen LogP contribution < -0.4 is 5.32 Å². The zero-order chi connectivity index (χ0) is 21.1. The minimum Gasteiger partial charge on any atom is -0.323 e. The molecule has 4 rings (SSSR count). The summed E-state index contributed by atoms with van der Waals surface area (Å²) in [6, 6.07) is 13.2. The van der Waals surface area contributed by atoms with Crippen LogP contribution in [-0.2, 0) is 6.42 Å². The molecule has 0 atom stereocenters. The summed E-state index contributed by atoms with van der Waals surface area (Å²) < 4.78 is 13.1. The summed E-state index contributed by atoms with van der Waals surface area (Å²) >= 11 is 0. The number of fused-ring (bicyclic) bond motifs is 2. The number of amides is 1. The summed E-state index contributed by atoms with van der Waals surface area (Å²) in [6.45, 7) is 2.16. The van der Waals surface area contributed by atoms with Crippen LogP contribution in [0.3, 0.4) is 0 Å². The molecule has 0 saturated carbocycles. The number of unbranched alkanes of at least 4 members (excludes halogenated alkanes) is 2. The molecule has 0 spiro atoms. The Bertz CT molecular complexity index is 1270. The molecule has 0 unspecified atom stereocenters. The first-order chi connectivity index (χ1) is 14.6. The van der Waals surface area contributed by atoms with Gasteiger partial charge in [-0.1, -0.05) is 31.9 Å². The lowest BCUT2D eigenvalue weighted by Gasteiger charge is -2.05. The molecule has 30 heavy (non-hydrogen) atoms. The Morgan fingerprint density at radius 3 is 2.67 bits per heavy atom. The molecular weight excluding hydrogens is 381 g/mol. The Hall–Kier alpha value is -3.79. The number of hydrogen-bond acceptors (Lipinski definition) is 4. The molecule has 2 heterocycles. The number of H-pyrrole nitrogens is 1. The van der Waals surface area contributed by atoms with Gasteiger partial charge < -0.3 is 10.3 Å². The number of benzene rings is 2. The zero-order valence-electron chi connectivity index (χ0n) is 16.5. The molecule has 4 aromatic rings. The van der Waals surface area contributed by atoms with Gasteiger partial charge in [0.25, 0.3) is 5.91 Å². The van der Waals surface area contributed by atoms with Crippen molar-refractivity contribution in [2.24, 2.45) is 0 Å². The van der Waals surface area contributed by atoms with E-state index in [1.807, 2.05) is 18.2 Å². The average Bonchev–Trinajstić information content (AvgIpc) is 3.08. The maximum absolute atomic E-state index is 13.1. The summed E-state index contributed by atoms with van der Waals surface area (Å²) in [4.78, 5) is 24.8. The number of rotatable bonds is 6. The van der Waals surface area contributed by atoms with Gasteiger partial charge in [-0.05, 0) is 48.7 Å². The highest BCUT2D eigenvalue weighted by Gasteiger charge is 2.18. The van der Waals surface area contributed by atoms with Crippen LogP contribution in [0, 0.1) is 17.1 Å². The van der Waals surface area contributed by atoms with E-state index < -0.39 is 11.7 Å². The number of carbonyl (C=O) groups is 1. The third-order valence-electron chi connectivity index (χ3n) is 5.02. The third-order valence-corrected chi connectivity index (χ3v) is 5.02. The van der Waals surface area contributed by atoms with Crippen molar-refractivity contribution < 1.29 is 9.18 Å². The quantitative estimate of drug-likeness (QED) is 0.439. The lowest BCUT2D eigenvalue weighted by Crippen LogP contribution is -2.12. The van der Waals surface area contributed by atoms with Crippen molar-refractivity contribution in [2.75, 3.05) is 5.32 Å². The fourth-order valence-electron chi connectivity index (χ4n) is 3.45. The summed E-state index contributed by atoms with van der Waals surface area (Å²) in [6.07, 6.45) is 4.23. The van der Waals surface area contributed by atoms with Gasteiger partial charge in [-0.25, -0.2) is 14.4 Å². The predicted molar refractivity (Wildman–Crippen MR) is 114 cm³/mol. The maximum Gasteiger partial charge on any atom is 0.256 e. The highest BCUT2D eigenvalue weighted by atomic mass is 19.1. The van der Waals surface area contributed by atoms with Gasteiger partial charge in [-0.2, -0.15) is 5.26 Å². The van der Waals surface area contributed by atoms with Crippen molar-refractivity contribution >= 4 is 33.9 Å². The molecule has 0 fully saturated rings. The van der Waals surface area contributed by atoms with E-state index in [2.05, 4.69) is 28.3 Å². The monoisotopic (exact) mass is 401 g/mol. The number of aromatic nitrogens is 3. The first kappa shape index (κ1) is 19.5. The molecule has 2 N–H and O–H groups in total. The van der Waals surface area contributed by atoms with Crippen molar-refractivity contribution in [1.82, 2.24) is 15.0 Å². The van der Waals surface area contributed by atoms with Gasteiger partial charge in [0.1, 0.15) is 28.8 Å². The van der Waals surface area contributed by atoms with E-state index in [4.69, 9.17) is 4.98 Å². The number of halogens is 1. The maximum atomic E-state index is 13.1. The third kappa shape index (κ3) is 3.72. The number of hydrogen-bond donors (Lipinski definition) is 2. The topological polar surface area (TPSA) is 94.5 Å². The molecule has 150 valence electrons. The van der Waals surface area contributed by atoms with Crippen LogP contribution in [0.1, 0.15) is 47.7 Å². The number of anilines is 1. The molecule has 0 aliphatic carbocycles. The fraction of sp³-hybridized carbons (Fsp3) is 0.217. The summed E-state index contributed by atoms with van der Waals surface area (Å²) in [5, 5.41) is 12.4. The van der Waals surface area contributed by atoms with E-state index in [1.165, 1.54) is 24.3 Å². The lowest BCUT2D eigenvalue weighted by atomic mass is 10.1. The smallest absolute Gasteiger partial charge is 0.256 e. The van der Waals surface area contributed by atoms with Gasteiger partial charge in [0.05, 0.1) is 11.0 Å². The number of nitrogens with one attached hydrogen (secondary N) is 2. The van der Waals surface area contributed by atoms with E-state index in [0.717, 1.165) is 42.3 Å². The Balaban J connectivity index is 1.74. The normalized spacial score (nSPS) is 11.0. The van der Waals surface area contributed by atoms with Gasteiger partial charge in [0, 0.05) is 5.56 Å². The van der Waals surface area contributed by atoms with E-state index >= 15 is 0 Å². The van der Waals surface area contributed by atoms with Crippen LogP contribution >= 0.6 is 0 Å². The minimum absolute atomic E-state index is 0.221. The second-order valence-electron chi connectivity index (χ2n) is 7.11. The SMILES string of the molecule is CCCCCc1cccc2nc3[nH]c(NC(=O)c4ccc(F)cc4)c(C#N)c3nc12. The Labute approximate surface area is 172 Å². The number of carbonyl (C=O) groups excluding carboxylic acids is 1. The number of aromatic amines is 1. The van der Waals surface area contributed by atoms with Gasteiger partial charge in [-0.3, -0.25) is 4.79 Å². The zero-order valence-corrected chi connectivity index (χ0v) is 16.5. The van der Waals surface area contributed by atoms with Gasteiger partial charge >= 0.3 is 0 Å². The Kier molecular flexibility index (Phi) is 5.40. The molecular formula is C23H20FN5O. The summed E-state index contributed by atoms with van der Waals surface area (Å²) in [5.74, 6) is -0.655. The van der Waals surface area contributed by atoms with Crippen molar-refractivity contribution in [3.05, 3.63) is 65.0 Å². The number of aryl methyl sites for hydroxylation is 1. The number of nitriles is 1. The molecule has 2 aromatic heterocycles. The molecule has 2 aromatic carbocycles. The second kappa shape index (κ2) is 8.29. The van der Waals surface area contributed by atoms with Crippen LogP contribution in [0.15, 0.2) is 42.5 Å². The van der Waals surface area contributed by atoms with Crippen LogP contribution in [-0.4, -0.2) is 20.9 Å². The lowest BCUT2D eigenvalue weighted by molar-refractivity contribution is 0.102. The van der Waals surface area contributed by atoms with Gasteiger partial charge in [0.15, 0.2) is 5.65 Å². The van der Waals surface area contributed by atoms with Crippen LogP contribution in [0.25, 0.3) is 22.2 Å². The van der Waals surface area contributed by atoms with E-state index in [-0.39, 0.29) is 16.9 Å². The standard InChI is InChI=1S/C23H20FN5O/c1-2-3-4-6-14-7-5-8-18-19(14)27-20-17(13-25)21(28-22(20)26-18)29-23(30)15-9-11-16(24)12-10-15/h5,7-12H,2-4,6H2,1H3,(H,26,28)(H,29,30). The fourth-order valence-corrected chi connectivity index (χ4v) is 3.45. The first-order valence-electron chi connectivity index (χ1n) is 9.89. The number of nitrogens with zero attached hydrogens (tertiary/aromatic N) is 3. The minimum atomic E-state index is -0.456. The molecule has 0 aliphatic heterocycles. The van der Waals surface area contributed by atoms with Crippen molar-refractivity contribution in [1.29, 1.82) is 5.26 Å². The number of para-hydroxylation sites is 1. The van der Waals surface area contributed by atoms with Crippen LogP contribution in [0.2, 0.25) is 0 Å². The van der Waals surface area contributed by atoms with E-state index in [0.29, 0.717) is 11.2 Å². The van der Waals surface area contributed by atoms with Gasteiger partial charge in [0.2, 0.25) is 0 Å². The average molecular weight is 401 g/mol. The Morgan fingerprint density at radius 1 is 1.13 bits per heavy atom.